The minimum Gasteiger partial charge on any atom is -0.496 e. The molecule has 2 N–H and O–H groups in total. The lowest BCUT2D eigenvalue weighted by molar-refractivity contribution is -0.125. The van der Waals surface area contributed by atoms with E-state index >= 15 is 0 Å². The highest BCUT2D eigenvalue weighted by Gasteiger charge is 2.26. The SMILES string of the molecule is COc1ccccc1-c1cc(CC(C)(C)C(N)=O)ncn1. The number of ether oxygens (including phenoxy) is 1. The zero-order valence-corrected chi connectivity index (χ0v) is 12.5. The molecule has 1 aromatic carbocycles. The second-order valence-corrected chi connectivity index (χ2v) is 5.52. The maximum Gasteiger partial charge on any atom is 0.223 e. The molecule has 5 heteroatoms. The monoisotopic (exact) mass is 285 g/mol. The maximum atomic E-state index is 11.4. The van der Waals surface area contributed by atoms with Gasteiger partial charge < -0.3 is 10.5 Å². The Balaban J connectivity index is 2.36. The quantitative estimate of drug-likeness (QED) is 0.913. The zero-order valence-electron chi connectivity index (χ0n) is 12.5. The number of aromatic nitrogens is 2. The van der Waals surface area contributed by atoms with Crippen molar-refractivity contribution in [1.82, 2.24) is 9.97 Å². The number of para-hydroxylation sites is 1. The number of methoxy groups -OCH3 is 1. The zero-order chi connectivity index (χ0) is 15.5. The number of carbonyl (C=O) groups is 1. The summed E-state index contributed by atoms with van der Waals surface area (Å²) in [5, 5.41) is 0. The number of nitrogens with two attached hydrogens (primary N) is 1. The number of carbonyl (C=O) groups excluding carboxylic acids is 1. The van der Waals surface area contributed by atoms with Crippen LogP contribution in [0.15, 0.2) is 36.7 Å². The average Bonchev–Trinajstić information content (AvgIpc) is 2.47. The fourth-order valence-electron chi connectivity index (χ4n) is 2.04. The van der Waals surface area contributed by atoms with Crippen molar-refractivity contribution in [3.05, 3.63) is 42.4 Å². The molecule has 1 heterocycles. The van der Waals surface area contributed by atoms with Gasteiger partial charge in [-0.1, -0.05) is 26.0 Å². The Kier molecular flexibility index (Phi) is 4.21. The Labute approximate surface area is 124 Å². The predicted octanol–water partition coefficient (Wildman–Crippen LogP) is 2.21. The van der Waals surface area contributed by atoms with Crippen molar-refractivity contribution in [2.45, 2.75) is 20.3 Å². The van der Waals surface area contributed by atoms with Gasteiger partial charge in [0.15, 0.2) is 0 Å². The average molecular weight is 285 g/mol. The highest BCUT2D eigenvalue weighted by atomic mass is 16.5. The van der Waals surface area contributed by atoms with E-state index in [-0.39, 0.29) is 5.91 Å². The van der Waals surface area contributed by atoms with E-state index in [0.29, 0.717) is 6.42 Å². The lowest BCUT2D eigenvalue weighted by Crippen LogP contribution is -2.33. The Morgan fingerprint density at radius 2 is 2.00 bits per heavy atom. The Morgan fingerprint density at radius 3 is 2.67 bits per heavy atom. The van der Waals surface area contributed by atoms with Gasteiger partial charge in [-0.25, -0.2) is 9.97 Å². The van der Waals surface area contributed by atoms with E-state index in [1.165, 1.54) is 6.33 Å². The first-order chi connectivity index (χ1) is 9.94. The molecule has 0 spiro atoms. The number of nitrogens with zero attached hydrogens (tertiary/aromatic N) is 2. The maximum absolute atomic E-state index is 11.4. The molecule has 0 bridgehead atoms. The van der Waals surface area contributed by atoms with Crippen molar-refractivity contribution in [2.75, 3.05) is 7.11 Å². The van der Waals surface area contributed by atoms with Crippen LogP contribution in [-0.2, 0) is 11.2 Å². The first-order valence-electron chi connectivity index (χ1n) is 6.68. The number of primary amides is 1. The number of hydrogen-bond donors (Lipinski definition) is 1. The fraction of sp³-hybridized carbons (Fsp3) is 0.312. The van der Waals surface area contributed by atoms with Gasteiger partial charge in [-0.15, -0.1) is 0 Å². The molecule has 0 radical (unpaired) electrons. The molecule has 21 heavy (non-hydrogen) atoms. The smallest absolute Gasteiger partial charge is 0.223 e. The molecule has 2 aromatic rings. The molecule has 0 saturated heterocycles. The topological polar surface area (TPSA) is 78.1 Å². The van der Waals surface area contributed by atoms with Crippen LogP contribution in [0.1, 0.15) is 19.5 Å². The first kappa shape index (κ1) is 15.0. The largest absolute Gasteiger partial charge is 0.496 e. The fourth-order valence-corrected chi connectivity index (χ4v) is 2.04. The molecular formula is C16H19N3O2. The normalized spacial score (nSPS) is 11.2. The number of rotatable bonds is 5. The van der Waals surface area contributed by atoms with E-state index in [2.05, 4.69) is 9.97 Å². The van der Waals surface area contributed by atoms with Gasteiger partial charge in [-0.05, 0) is 18.2 Å². The van der Waals surface area contributed by atoms with Crippen molar-refractivity contribution in [3.63, 3.8) is 0 Å². The lowest BCUT2D eigenvalue weighted by Gasteiger charge is -2.19. The molecule has 0 atom stereocenters. The second kappa shape index (κ2) is 5.91. The van der Waals surface area contributed by atoms with Crippen LogP contribution in [0.5, 0.6) is 5.75 Å². The third kappa shape index (κ3) is 3.37. The van der Waals surface area contributed by atoms with Crippen molar-refractivity contribution in [2.24, 2.45) is 11.1 Å². The molecule has 0 aliphatic heterocycles. The second-order valence-electron chi connectivity index (χ2n) is 5.52. The molecule has 1 amide bonds. The molecule has 1 aromatic heterocycles. The molecule has 5 nitrogen and oxygen atoms in total. The van der Waals surface area contributed by atoms with Gasteiger partial charge in [0, 0.05) is 23.1 Å². The summed E-state index contributed by atoms with van der Waals surface area (Å²) in [6.07, 6.45) is 1.96. The van der Waals surface area contributed by atoms with Crippen LogP contribution in [0.4, 0.5) is 0 Å². The van der Waals surface area contributed by atoms with Crippen LogP contribution in [0.25, 0.3) is 11.3 Å². The summed E-state index contributed by atoms with van der Waals surface area (Å²) in [6.45, 7) is 3.61. The van der Waals surface area contributed by atoms with E-state index in [1.54, 1.807) is 21.0 Å². The Hall–Kier alpha value is -2.43. The van der Waals surface area contributed by atoms with Crippen molar-refractivity contribution in [1.29, 1.82) is 0 Å². The summed E-state index contributed by atoms with van der Waals surface area (Å²) in [5.74, 6) is 0.399. The molecular weight excluding hydrogens is 266 g/mol. The van der Waals surface area contributed by atoms with Crippen LogP contribution in [0.2, 0.25) is 0 Å². The molecule has 2 rings (SSSR count). The van der Waals surface area contributed by atoms with Gasteiger partial charge in [-0.3, -0.25) is 4.79 Å². The predicted molar refractivity (Wildman–Crippen MR) is 80.7 cm³/mol. The van der Waals surface area contributed by atoms with Crippen LogP contribution >= 0.6 is 0 Å². The van der Waals surface area contributed by atoms with Gasteiger partial charge in [0.2, 0.25) is 5.91 Å². The van der Waals surface area contributed by atoms with Crippen LogP contribution in [0, 0.1) is 5.41 Å². The van der Waals surface area contributed by atoms with Gasteiger partial charge in [0.25, 0.3) is 0 Å². The van der Waals surface area contributed by atoms with Gasteiger partial charge >= 0.3 is 0 Å². The number of amides is 1. The summed E-state index contributed by atoms with van der Waals surface area (Å²) in [4.78, 5) is 20.0. The van der Waals surface area contributed by atoms with E-state index in [9.17, 15) is 4.79 Å². The molecule has 0 saturated carbocycles. The van der Waals surface area contributed by atoms with Crippen LogP contribution in [-0.4, -0.2) is 23.0 Å². The van der Waals surface area contributed by atoms with Gasteiger partial charge in [0.05, 0.1) is 12.8 Å². The van der Waals surface area contributed by atoms with E-state index in [1.807, 2.05) is 30.3 Å². The molecule has 0 fully saturated rings. The number of hydrogen-bond acceptors (Lipinski definition) is 4. The van der Waals surface area contributed by atoms with E-state index in [4.69, 9.17) is 10.5 Å². The summed E-state index contributed by atoms with van der Waals surface area (Å²) in [5.41, 5.74) is 7.19. The summed E-state index contributed by atoms with van der Waals surface area (Å²) < 4.78 is 5.34. The Morgan fingerprint density at radius 1 is 1.29 bits per heavy atom. The minimum absolute atomic E-state index is 0.347. The van der Waals surface area contributed by atoms with E-state index in [0.717, 1.165) is 22.7 Å². The highest BCUT2D eigenvalue weighted by Crippen LogP contribution is 2.29. The summed E-state index contributed by atoms with van der Waals surface area (Å²) in [7, 11) is 1.62. The summed E-state index contributed by atoms with van der Waals surface area (Å²) in [6, 6.07) is 9.50. The molecule has 0 aliphatic carbocycles. The van der Waals surface area contributed by atoms with E-state index < -0.39 is 5.41 Å². The van der Waals surface area contributed by atoms with Crippen molar-refractivity contribution in [3.8, 4) is 17.0 Å². The lowest BCUT2D eigenvalue weighted by atomic mass is 9.87. The first-order valence-corrected chi connectivity index (χ1v) is 6.68. The molecule has 0 aliphatic rings. The standard InChI is InChI=1S/C16H19N3O2/c1-16(2,15(17)20)9-11-8-13(19-10-18-11)12-6-4-5-7-14(12)21-3/h4-8,10H,9H2,1-3H3,(H2,17,20). The molecule has 110 valence electrons. The summed E-state index contributed by atoms with van der Waals surface area (Å²) >= 11 is 0. The number of benzene rings is 1. The van der Waals surface area contributed by atoms with Gasteiger partial charge in [0.1, 0.15) is 12.1 Å². The third-order valence-electron chi connectivity index (χ3n) is 3.40. The Bertz CT molecular complexity index is 653. The minimum atomic E-state index is -0.646. The van der Waals surface area contributed by atoms with Crippen LogP contribution in [0.3, 0.4) is 0 Å². The highest BCUT2D eigenvalue weighted by molar-refractivity contribution is 5.80. The molecule has 0 unspecified atom stereocenters. The van der Waals surface area contributed by atoms with Crippen LogP contribution < -0.4 is 10.5 Å². The van der Waals surface area contributed by atoms with Crippen molar-refractivity contribution >= 4 is 5.91 Å². The van der Waals surface area contributed by atoms with Gasteiger partial charge in [-0.2, -0.15) is 0 Å². The van der Waals surface area contributed by atoms with Crippen molar-refractivity contribution < 1.29 is 9.53 Å². The third-order valence-corrected chi connectivity index (χ3v) is 3.40.